The van der Waals surface area contributed by atoms with E-state index in [-0.39, 0.29) is 6.04 Å². The Morgan fingerprint density at radius 3 is 2.79 bits per heavy atom. The van der Waals surface area contributed by atoms with Crippen LogP contribution in [0.25, 0.3) is 0 Å². The normalized spacial score (nSPS) is 12.4. The molecule has 0 saturated carbocycles. The average Bonchev–Trinajstić information content (AvgIpc) is 2.35. The van der Waals surface area contributed by atoms with Gasteiger partial charge in [-0.3, -0.25) is 0 Å². The molecule has 1 unspecified atom stereocenters. The molecule has 2 rings (SSSR count). The summed E-state index contributed by atoms with van der Waals surface area (Å²) < 4.78 is 0.965. The fourth-order valence-electron chi connectivity index (χ4n) is 1.70. The van der Waals surface area contributed by atoms with Crippen molar-refractivity contribution in [3.8, 4) is 0 Å². The van der Waals surface area contributed by atoms with Gasteiger partial charge < -0.3 is 5.73 Å². The Morgan fingerprint density at radius 1 is 1.37 bits per heavy atom. The summed E-state index contributed by atoms with van der Waals surface area (Å²) in [5, 5.41) is 1.66. The second-order valence-electron chi connectivity index (χ2n) is 4.33. The van der Waals surface area contributed by atoms with E-state index in [2.05, 4.69) is 27.0 Å². The number of hydrogen-bond donors (Lipinski definition) is 1. The van der Waals surface area contributed by atoms with Crippen LogP contribution < -0.4 is 5.73 Å². The molecule has 19 heavy (non-hydrogen) atoms. The van der Waals surface area contributed by atoms with Crippen molar-refractivity contribution in [2.24, 2.45) is 5.73 Å². The van der Waals surface area contributed by atoms with Gasteiger partial charge in [0.1, 0.15) is 5.03 Å². The summed E-state index contributed by atoms with van der Waals surface area (Å²) in [5.41, 5.74) is 7.05. The minimum atomic E-state index is 0.107. The van der Waals surface area contributed by atoms with Gasteiger partial charge in [0, 0.05) is 21.6 Å². The van der Waals surface area contributed by atoms with Crippen LogP contribution >= 0.6 is 39.3 Å². The lowest BCUT2D eigenvalue weighted by molar-refractivity contribution is 0.729. The van der Waals surface area contributed by atoms with E-state index < -0.39 is 0 Å². The zero-order chi connectivity index (χ0) is 13.8. The largest absolute Gasteiger partial charge is 0.328 e. The standard InChI is InChI=1S/C14H14BrClN2S/c1-9(17)7-10-3-2-4-12(16)14(10)19-13-6-5-11(15)8-18-13/h2-6,8-9H,7,17H2,1H3. The fourth-order valence-corrected chi connectivity index (χ4v) is 3.15. The lowest BCUT2D eigenvalue weighted by Crippen LogP contribution is -2.18. The van der Waals surface area contributed by atoms with Crippen molar-refractivity contribution in [1.82, 2.24) is 4.98 Å². The van der Waals surface area contributed by atoms with Crippen LogP contribution in [0, 0.1) is 0 Å². The molecule has 2 nitrogen and oxygen atoms in total. The maximum atomic E-state index is 6.30. The highest BCUT2D eigenvalue weighted by Crippen LogP contribution is 2.35. The Hall–Kier alpha value is -0.550. The fraction of sp³-hybridized carbons (Fsp3) is 0.214. The van der Waals surface area contributed by atoms with Gasteiger partial charge in [0.2, 0.25) is 0 Å². The summed E-state index contributed by atoms with van der Waals surface area (Å²) in [4.78, 5) is 5.40. The molecule has 0 aliphatic carbocycles. The molecule has 1 atom stereocenters. The van der Waals surface area contributed by atoms with Gasteiger partial charge in [-0.25, -0.2) is 4.98 Å². The molecule has 0 aliphatic heterocycles. The van der Waals surface area contributed by atoms with Gasteiger partial charge in [0.25, 0.3) is 0 Å². The molecule has 1 aromatic heterocycles. The van der Waals surface area contributed by atoms with E-state index in [0.717, 1.165) is 31.4 Å². The van der Waals surface area contributed by atoms with Crippen molar-refractivity contribution < 1.29 is 0 Å². The van der Waals surface area contributed by atoms with Gasteiger partial charge in [-0.15, -0.1) is 0 Å². The van der Waals surface area contributed by atoms with Gasteiger partial charge in [0.15, 0.2) is 0 Å². The third-order valence-electron chi connectivity index (χ3n) is 2.50. The first-order chi connectivity index (χ1) is 9.06. The number of halogens is 2. The van der Waals surface area contributed by atoms with E-state index in [1.807, 2.05) is 31.2 Å². The van der Waals surface area contributed by atoms with E-state index in [4.69, 9.17) is 17.3 Å². The summed E-state index contributed by atoms with van der Waals surface area (Å²) in [6, 6.07) is 9.96. The zero-order valence-electron chi connectivity index (χ0n) is 10.4. The van der Waals surface area contributed by atoms with Gasteiger partial charge in [-0.1, -0.05) is 35.5 Å². The Bertz CT molecular complexity index is 558. The first-order valence-corrected chi connectivity index (χ1v) is 7.87. The summed E-state index contributed by atoms with van der Waals surface area (Å²) in [5.74, 6) is 0. The molecule has 100 valence electrons. The molecule has 0 amide bonds. The van der Waals surface area contributed by atoms with Gasteiger partial charge in [-0.2, -0.15) is 0 Å². The topological polar surface area (TPSA) is 38.9 Å². The highest BCUT2D eigenvalue weighted by atomic mass is 79.9. The lowest BCUT2D eigenvalue weighted by atomic mass is 10.1. The number of nitrogens with zero attached hydrogens (tertiary/aromatic N) is 1. The first-order valence-electron chi connectivity index (χ1n) is 5.88. The molecule has 1 aromatic carbocycles. The van der Waals surface area contributed by atoms with E-state index >= 15 is 0 Å². The predicted octanol–water partition coefficient (Wildman–Crippen LogP) is 4.54. The number of benzene rings is 1. The SMILES string of the molecule is CC(N)Cc1cccc(Cl)c1Sc1ccc(Br)cn1. The Kier molecular flexibility index (Phi) is 5.28. The third kappa shape index (κ3) is 4.21. The van der Waals surface area contributed by atoms with Crippen LogP contribution in [0.1, 0.15) is 12.5 Å². The Balaban J connectivity index is 2.30. The first kappa shape index (κ1) is 14.9. The van der Waals surface area contributed by atoms with Gasteiger partial charge in [-0.05, 0) is 53.0 Å². The zero-order valence-corrected chi connectivity index (χ0v) is 13.6. The Morgan fingerprint density at radius 2 is 2.16 bits per heavy atom. The minimum absolute atomic E-state index is 0.107. The predicted molar refractivity (Wildman–Crippen MR) is 84.9 cm³/mol. The van der Waals surface area contributed by atoms with Crippen molar-refractivity contribution in [3.05, 3.63) is 51.6 Å². The number of nitrogens with two attached hydrogens (primary N) is 1. The molecule has 0 aliphatic rings. The number of pyridine rings is 1. The molecule has 0 saturated heterocycles. The summed E-state index contributed by atoms with van der Waals surface area (Å²) in [6.45, 7) is 1.99. The van der Waals surface area contributed by atoms with Crippen molar-refractivity contribution in [2.75, 3.05) is 0 Å². The molecule has 0 spiro atoms. The molecular weight excluding hydrogens is 344 g/mol. The minimum Gasteiger partial charge on any atom is -0.328 e. The lowest BCUT2D eigenvalue weighted by Gasteiger charge is -2.12. The summed E-state index contributed by atoms with van der Waals surface area (Å²) in [6.07, 6.45) is 2.59. The second-order valence-corrected chi connectivity index (χ2v) is 6.68. The second kappa shape index (κ2) is 6.75. The van der Waals surface area contributed by atoms with Crippen molar-refractivity contribution in [1.29, 1.82) is 0 Å². The van der Waals surface area contributed by atoms with Gasteiger partial charge >= 0.3 is 0 Å². The van der Waals surface area contributed by atoms with Crippen LogP contribution in [0.3, 0.4) is 0 Å². The van der Waals surface area contributed by atoms with Crippen LogP contribution in [-0.4, -0.2) is 11.0 Å². The maximum absolute atomic E-state index is 6.30. The third-order valence-corrected chi connectivity index (χ3v) is 4.53. The van der Waals surface area contributed by atoms with E-state index in [0.29, 0.717) is 0 Å². The highest BCUT2D eigenvalue weighted by Gasteiger charge is 2.11. The monoisotopic (exact) mass is 356 g/mol. The van der Waals surface area contributed by atoms with Crippen LogP contribution in [0.4, 0.5) is 0 Å². The summed E-state index contributed by atoms with van der Waals surface area (Å²) in [7, 11) is 0. The molecule has 0 radical (unpaired) electrons. The highest BCUT2D eigenvalue weighted by molar-refractivity contribution is 9.10. The van der Waals surface area contributed by atoms with Gasteiger partial charge in [0.05, 0.1) is 5.02 Å². The van der Waals surface area contributed by atoms with Crippen molar-refractivity contribution in [2.45, 2.75) is 29.3 Å². The molecular formula is C14H14BrClN2S. The molecule has 5 heteroatoms. The number of hydrogen-bond acceptors (Lipinski definition) is 3. The average molecular weight is 358 g/mol. The van der Waals surface area contributed by atoms with Crippen LogP contribution in [-0.2, 0) is 6.42 Å². The van der Waals surface area contributed by atoms with Crippen molar-refractivity contribution >= 4 is 39.3 Å². The molecule has 2 N–H and O–H groups in total. The van der Waals surface area contributed by atoms with E-state index in [9.17, 15) is 0 Å². The van der Waals surface area contributed by atoms with E-state index in [1.165, 1.54) is 0 Å². The number of aromatic nitrogens is 1. The maximum Gasteiger partial charge on any atom is 0.101 e. The molecule has 1 heterocycles. The molecule has 2 aromatic rings. The van der Waals surface area contributed by atoms with Crippen LogP contribution in [0.2, 0.25) is 5.02 Å². The van der Waals surface area contributed by atoms with Crippen LogP contribution in [0.5, 0.6) is 0 Å². The van der Waals surface area contributed by atoms with E-state index in [1.54, 1.807) is 18.0 Å². The molecule has 0 fully saturated rings. The summed E-state index contributed by atoms with van der Waals surface area (Å²) >= 11 is 11.2. The van der Waals surface area contributed by atoms with Crippen LogP contribution in [0.15, 0.2) is 50.9 Å². The Labute approximate surface area is 130 Å². The molecule has 0 bridgehead atoms. The van der Waals surface area contributed by atoms with Crippen molar-refractivity contribution in [3.63, 3.8) is 0 Å². The smallest absolute Gasteiger partial charge is 0.101 e. The number of rotatable bonds is 4. The quantitative estimate of drug-likeness (QED) is 0.873.